The zero-order chi connectivity index (χ0) is 14.7. The van der Waals surface area contributed by atoms with Crippen molar-refractivity contribution in [1.82, 2.24) is 15.2 Å². The Morgan fingerprint density at radius 3 is 2.95 bits per heavy atom. The monoisotopic (exact) mass is 304 g/mol. The quantitative estimate of drug-likeness (QED) is 0.566. The van der Waals surface area contributed by atoms with Crippen LogP contribution in [0.25, 0.3) is 0 Å². The van der Waals surface area contributed by atoms with Crippen molar-refractivity contribution in [2.75, 3.05) is 26.3 Å². The molecule has 1 aromatic rings. The molecule has 22 heavy (non-hydrogen) atoms. The summed E-state index contributed by atoms with van der Waals surface area (Å²) in [4.78, 5) is 2.37. The smallest absolute Gasteiger partial charge is 0.233 e. The van der Waals surface area contributed by atoms with Gasteiger partial charge in [0.25, 0.3) is 0 Å². The van der Waals surface area contributed by atoms with Crippen LogP contribution in [0, 0.1) is 11.1 Å². The van der Waals surface area contributed by atoms with E-state index >= 15 is 0 Å². The second kappa shape index (κ2) is 4.52. The third-order valence-corrected chi connectivity index (χ3v) is 6.08. The molecule has 0 amide bonds. The highest BCUT2D eigenvalue weighted by Crippen LogP contribution is 2.54. The summed E-state index contributed by atoms with van der Waals surface area (Å²) in [5.41, 5.74) is 2.49. The summed E-state index contributed by atoms with van der Waals surface area (Å²) in [6.07, 6.45) is 4.69. The van der Waals surface area contributed by atoms with Crippen LogP contribution >= 0.6 is 0 Å². The summed E-state index contributed by atoms with van der Waals surface area (Å²) in [5.74, 6) is 0.418. The number of aromatic nitrogens is 2. The predicted molar refractivity (Wildman–Crippen MR) is 76.5 cm³/mol. The van der Waals surface area contributed by atoms with E-state index < -0.39 is 0 Å². The van der Waals surface area contributed by atoms with Crippen molar-refractivity contribution in [3.05, 3.63) is 16.6 Å². The first-order valence-electron chi connectivity index (χ1n) is 8.29. The number of ether oxygens (including phenoxy) is 1. The lowest BCUT2D eigenvalue weighted by Gasteiger charge is -2.41. The molecule has 1 aromatic heterocycles. The number of hydrogen-bond donors (Lipinski definition) is 0. The van der Waals surface area contributed by atoms with E-state index in [1.54, 1.807) is 0 Å². The summed E-state index contributed by atoms with van der Waals surface area (Å²) in [6, 6.07) is 0. The van der Waals surface area contributed by atoms with Crippen LogP contribution < -0.4 is 0 Å². The van der Waals surface area contributed by atoms with Crippen LogP contribution in [0.1, 0.15) is 43.0 Å². The second-order valence-corrected chi connectivity index (χ2v) is 6.84. The van der Waals surface area contributed by atoms with Gasteiger partial charge in [0.2, 0.25) is 5.66 Å². The van der Waals surface area contributed by atoms with E-state index in [0.717, 1.165) is 75.5 Å². The molecule has 3 atom stereocenters. The van der Waals surface area contributed by atoms with Crippen molar-refractivity contribution < 1.29 is 14.1 Å². The molecule has 7 nitrogen and oxygen atoms in total. The van der Waals surface area contributed by atoms with Gasteiger partial charge in [0.1, 0.15) is 11.4 Å². The van der Waals surface area contributed by atoms with Gasteiger partial charge in [-0.3, -0.25) is 0 Å². The second-order valence-electron chi connectivity index (χ2n) is 6.84. The largest absolute Gasteiger partial charge is 0.622 e. The molecule has 0 N–H and O–H groups in total. The maximum Gasteiger partial charge on any atom is 0.233 e. The Bertz CT molecular complexity index is 636. The highest BCUT2D eigenvalue weighted by Gasteiger charge is 2.66. The number of aryl methyl sites for hydroxylation is 1. The summed E-state index contributed by atoms with van der Waals surface area (Å²) < 4.78 is 11.8. The fourth-order valence-corrected chi connectivity index (χ4v) is 5.24. The molecule has 0 radical (unpaired) electrons. The highest BCUT2D eigenvalue weighted by atomic mass is 16.6. The van der Waals surface area contributed by atoms with Gasteiger partial charge in [-0.05, 0) is 12.8 Å². The Kier molecular flexibility index (Phi) is 2.67. The summed E-state index contributed by atoms with van der Waals surface area (Å²) in [5, 5.41) is 21.5. The van der Waals surface area contributed by atoms with Crippen LogP contribution in [0.3, 0.4) is 0 Å². The van der Waals surface area contributed by atoms with Gasteiger partial charge in [-0.25, -0.2) is 9.53 Å². The van der Waals surface area contributed by atoms with E-state index in [1.165, 1.54) is 4.74 Å². The summed E-state index contributed by atoms with van der Waals surface area (Å²) >= 11 is 0. The number of hydroxylamine groups is 1. The number of fused-ring (bicyclic) bond motifs is 5. The molecule has 0 aromatic carbocycles. The van der Waals surface area contributed by atoms with Gasteiger partial charge in [0.05, 0.1) is 25.0 Å². The fourth-order valence-electron chi connectivity index (χ4n) is 5.24. The van der Waals surface area contributed by atoms with E-state index in [2.05, 4.69) is 15.2 Å². The lowest BCUT2D eigenvalue weighted by Crippen LogP contribution is -2.59. The Hall–Kier alpha value is -1.47. The third-order valence-electron chi connectivity index (χ3n) is 6.08. The standard InChI is InChI=1S/C15H20N4O3/c20-19-12-4-3-11-14(17-22-16-11)13(12)10-2-1-5-15(10,19)18-6-8-21-9-7-18/h10,13H,1-9H2/t10-,13+,15+/m1/s1. The molecule has 3 heterocycles. The lowest BCUT2D eigenvalue weighted by molar-refractivity contribution is -0.583. The van der Waals surface area contributed by atoms with E-state index in [4.69, 9.17) is 9.37 Å². The molecule has 2 fully saturated rings. The van der Waals surface area contributed by atoms with Crippen molar-refractivity contribution in [3.8, 4) is 0 Å². The van der Waals surface area contributed by atoms with E-state index in [1.807, 2.05) is 0 Å². The van der Waals surface area contributed by atoms with Gasteiger partial charge >= 0.3 is 0 Å². The topological polar surface area (TPSA) is 77.5 Å². The molecular weight excluding hydrogens is 284 g/mol. The predicted octanol–water partition coefficient (Wildman–Crippen LogP) is 0.893. The Labute approximate surface area is 128 Å². The molecule has 1 saturated carbocycles. The Morgan fingerprint density at radius 2 is 2.09 bits per heavy atom. The zero-order valence-electron chi connectivity index (χ0n) is 12.5. The number of morpholine rings is 1. The SMILES string of the molecule is [O-][N+]1=C2CCc3nonc3[C@H]2[C@H]2CCC[C@@]21N1CCOCC1. The normalized spacial score (nSPS) is 38.0. The maximum atomic E-state index is 13.3. The van der Waals surface area contributed by atoms with Gasteiger partial charge in [0.15, 0.2) is 5.71 Å². The van der Waals surface area contributed by atoms with E-state index in [9.17, 15) is 5.21 Å². The van der Waals surface area contributed by atoms with Crippen LogP contribution in [0.2, 0.25) is 0 Å². The fraction of sp³-hybridized carbons (Fsp3) is 0.800. The third kappa shape index (κ3) is 1.46. The minimum absolute atomic E-state index is 0.109. The average molecular weight is 304 g/mol. The van der Waals surface area contributed by atoms with E-state index in [-0.39, 0.29) is 11.6 Å². The van der Waals surface area contributed by atoms with Crippen LogP contribution in [0.4, 0.5) is 0 Å². The van der Waals surface area contributed by atoms with Crippen LogP contribution in [0.5, 0.6) is 0 Å². The van der Waals surface area contributed by atoms with Gasteiger partial charge in [-0.2, -0.15) is 4.74 Å². The van der Waals surface area contributed by atoms with Crippen LogP contribution in [-0.2, 0) is 11.2 Å². The molecule has 2 aliphatic carbocycles. The summed E-state index contributed by atoms with van der Waals surface area (Å²) in [6.45, 7) is 3.14. The molecule has 4 aliphatic rings. The number of rotatable bonds is 1. The Morgan fingerprint density at radius 1 is 1.23 bits per heavy atom. The minimum Gasteiger partial charge on any atom is -0.622 e. The Balaban J connectivity index is 1.63. The van der Waals surface area contributed by atoms with Gasteiger partial charge in [-0.1, -0.05) is 10.3 Å². The minimum atomic E-state index is -0.385. The highest BCUT2D eigenvalue weighted by molar-refractivity contribution is 5.90. The van der Waals surface area contributed by atoms with Crippen molar-refractivity contribution in [2.45, 2.75) is 43.7 Å². The van der Waals surface area contributed by atoms with Gasteiger partial charge in [0, 0.05) is 32.4 Å². The van der Waals surface area contributed by atoms with Crippen molar-refractivity contribution in [1.29, 1.82) is 0 Å². The zero-order valence-corrected chi connectivity index (χ0v) is 12.5. The molecule has 7 heteroatoms. The maximum absolute atomic E-state index is 13.3. The molecule has 0 bridgehead atoms. The lowest BCUT2D eigenvalue weighted by atomic mass is 9.77. The molecule has 0 spiro atoms. The van der Waals surface area contributed by atoms with Gasteiger partial charge < -0.3 is 9.94 Å². The number of hydrogen-bond acceptors (Lipinski definition) is 6. The first-order valence-corrected chi connectivity index (χ1v) is 8.29. The average Bonchev–Trinajstić information content (AvgIpc) is 3.24. The van der Waals surface area contributed by atoms with Crippen molar-refractivity contribution >= 4 is 5.71 Å². The molecule has 118 valence electrons. The molecule has 0 unspecified atom stereocenters. The molecule has 1 saturated heterocycles. The van der Waals surface area contributed by atoms with E-state index in [0.29, 0.717) is 5.92 Å². The molecule has 5 rings (SSSR count). The van der Waals surface area contributed by atoms with Crippen LogP contribution in [-0.4, -0.2) is 57.6 Å². The van der Waals surface area contributed by atoms with Gasteiger partial charge in [-0.15, -0.1) is 0 Å². The van der Waals surface area contributed by atoms with Crippen LogP contribution in [0.15, 0.2) is 4.63 Å². The first kappa shape index (κ1) is 13.0. The molecule has 2 aliphatic heterocycles. The van der Waals surface area contributed by atoms with Crippen molar-refractivity contribution in [3.63, 3.8) is 0 Å². The van der Waals surface area contributed by atoms with Crippen molar-refractivity contribution in [2.24, 2.45) is 5.92 Å². The molecular formula is C15H20N4O3. The summed E-state index contributed by atoms with van der Waals surface area (Å²) in [7, 11) is 0. The number of nitrogens with zero attached hydrogens (tertiary/aromatic N) is 4. The first-order chi connectivity index (χ1) is 10.8.